The molecule has 1 aromatic carbocycles. The smallest absolute Gasteiger partial charge is 0.408 e. The van der Waals surface area contributed by atoms with Crippen LogP contribution in [0.25, 0.3) is 21.6 Å². The lowest BCUT2D eigenvalue weighted by Crippen LogP contribution is -2.59. The van der Waals surface area contributed by atoms with E-state index in [-0.39, 0.29) is 25.4 Å². The summed E-state index contributed by atoms with van der Waals surface area (Å²) in [6.07, 6.45) is 12.1. The molecule has 3 N–H and O–H groups in total. The monoisotopic (exact) mass is 947 g/mol. The number of likely N-dealkylation sites (tertiary alicyclic amines) is 1. The number of carbonyl (C=O) groups is 4. The maximum atomic E-state index is 15.0. The highest BCUT2D eigenvalue weighted by molar-refractivity contribution is 7.91. The van der Waals surface area contributed by atoms with Gasteiger partial charge in [-0.3, -0.25) is 23.7 Å². The highest BCUT2D eigenvalue weighted by Crippen LogP contribution is 2.47. The number of benzene rings is 1. The minimum atomic E-state index is -4.03. The summed E-state index contributed by atoms with van der Waals surface area (Å²) in [5.41, 5.74) is 1.16. The number of ether oxygens (including phenoxy) is 2. The third-order valence-electron chi connectivity index (χ3n) is 13.9. The number of para-hydroxylation sites is 1. The summed E-state index contributed by atoms with van der Waals surface area (Å²) in [5.74, 6) is -2.78. The number of unbranched alkanes of at least 4 members (excludes halogenated alkanes) is 3. The van der Waals surface area contributed by atoms with Crippen LogP contribution in [0.2, 0.25) is 0 Å². The number of carbonyl (C=O) groups excluding carboxylic acids is 4. The van der Waals surface area contributed by atoms with E-state index in [1.807, 2.05) is 49.6 Å². The van der Waals surface area contributed by atoms with E-state index in [2.05, 4.69) is 33.9 Å². The Hall–Kier alpha value is -4.77. The minimum absolute atomic E-state index is 0.0523. The van der Waals surface area contributed by atoms with Crippen LogP contribution in [-0.4, -0.2) is 92.3 Å². The van der Waals surface area contributed by atoms with Gasteiger partial charge in [-0.1, -0.05) is 57.2 Å². The summed E-state index contributed by atoms with van der Waals surface area (Å²) < 4.78 is 42.2. The molecule has 360 valence electrons. The zero-order valence-corrected chi connectivity index (χ0v) is 41.3. The number of nitrogens with one attached hydrogen (secondary N) is 3. The van der Waals surface area contributed by atoms with Gasteiger partial charge in [0.15, 0.2) is 0 Å². The second-order valence-corrected chi connectivity index (χ2v) is 23.5. The molecule has 3 heterocycles. The van der Waals surface area contributed by atoms with Gasteiger partial charge in [-0.25, -0.2) is 18.2 Å². The summed E-state index contributed by atoms with van der Waals surface area (Å²) in [7, 11) is -4.03. The first-order chi connectivity index (χ1) is 31.2. The van der Waals surface area contributed by atoms with E-state index >= 15 is 4.79 Å². The van der Waals surface area contributed by atoms with E-state index in [4.69, 9.17) is 19.4 Å². The molecule has 4 aliphatic rings. The number of thiazole rings is 1. The molecule has 17 heteroatoms. The molecule has 1 saturated heterocycles. The molecule has 0 spiro atoms. The number of aromatic nitrogens is 3. The van der Waals surface area contributed by atoms with Crippen molar-refractivity contribution in [2.45, 2.75) is 178 Å². The van der Waals surface area contributed by atoms with Crippen LogP contribution in [0.1, 0.15) is 150 Å². The van der Waals surface area contributed by atoms with Gasteiger partial charge in [-0.15, -0.1) is 24.5 Å². The first-order valence-electron chi connectivity index (χ1n) is 23.8. The maximum absolute atomic E-state index is 15.0. The molecule has 0 bridgehead atoms. The van der Waals surface area contributed by atoms with Crippen LogP contribution in [0.5, 0.6) is 6.01 Å². The Morgan fingerprint density at radius 1 is 1.05 bits per heavy atom. The van der Waals surface area contributed by atoms with Crippen molar-refractivity contribution in [1.82, 2.24) is 34.8 Å². The summed E-state index contributed by atoms with van der Waals surface area (Å²) >= 11 is 1.61. The molecule has 6 atom stereocenters. The molecule has 6 unspecified atom stereocenters. The zero-order chi connectivity index (χ0) is 47.8. The molecule has 2 aromatic heterocycles. The fourth-order valence-corrected chi connectivity index (χ4v) is 11.8. The lowest BCUT2D eigenvalue weighted by Gasteiger charge is -2.31. The molecule has 4 fully saturated rings. The predicted molar refractivity (Wildman–Crippen MR) is 256 cm³/mol. The molecule has 7 rings (SSSR count). The molecular weight excluding hydrogens is 879 g/mol. The fraction of sp³-hybridized carbons (Fsp3) is 0.633. The number of hydrogen-bond donors (Lipinski definition) is 3. The largest absolute Gasteiger partial charge is 0.459 e. The Balaban J connectivity index is 1.22. The standard InChI is InChI=1S/C49H69N7O8S2/c1-10-12-13-14-18-23-35(51-46(60)64-47(6,7)8)43(58)55-28-38(31(5)40(55)41(57)53-49(27-33(49)11-2)44(59)54-66(61,62)48(9)25-26-48)63-45-52-39-34(22-19-24-37(39)56(45)30(3)4)42-50-36(29-65-42)32-20-16-15-17-21-32/h10-11,19,22,24,29-33,35,38,40H,1-2,12-18,20-21,23,25-28H2,3-9H3,(H,51,60)(H,53,57)(H,54,59). The lowest BCUT2D eigenvalue weighted by molar-refractivity contribution is -0.142. The van der Waals surface area contributed by atoms with Crippen LogP contribution in [0.3, 0.4) is 0 Å². The summed E-state index contributed by atoms with van der Waals surface area (Å²) in [4.78, 5) is 68.8. The van der Waals surface area contributed by atoms with Crippen molar-refractivity contribution in [1.29, 1.82) is 0 Å². The van der Waals surface area contributed by atoms with Gasteiger partial charge in [0.05, 0.1) is 22.5 Å². The second-order valence-electron chi connectivity index (χ2n) is 20.4. The fourth-order valence-electron chi connectivity index (χ4n) is 9.52. The van der Waals surface area contributed by atoms with E-state index in [0.29, 0.717) is 31.2 Å². The Bertz CT molecular complexity index is 2430. The first kappa shape index (κ1) is 49.1. The third-order valence-corrected chi connectivity index (χ3v) is 16.9. The van der Waals surface area contributed by atoms with Gasteiger partial charge in [0.2, 0.25) is 21.8 Å². The van der Waals surface area contributed by atoms with Crippen molar-refractivity contribution in [3.05, 3.63) is 54.6 Å². The van der Waals surface area contributed by atoms with E-state index in [9.17, 15) is 22.8 Å². The quantitative estimate of drug-likeness (QED) is 0.0776. The number of hydrogen-bond acceptors (Lipinski definition) is 11. The lowest BCUT2D eigenvalue weighted by atomic mass is 9.87. The zero-order valence-electron chi connectivity index (χ0n) is 39.7. The number of imidazole rings is 1. The topological polar surface area (TPSA) is 191 Å². The van der Waals surface area contributed by atoms with Crippen LogP contribution < -0.4 is 20.1 Å². The number of alkyl carbamates (subject to hydrolysis) is 1. The molecule has 1 aliphatic heterocycles. The van der Waals surface area contributed by atoms with Gasteiger partial charge < -0.3 is 25.0 Å². The van der Waals surface area contributed by atoms with Crippen molar-refractivity contribution in [2.24, 2.45) is 11.8 Å². The molecule has 0 radical (unpaired) electrons. The average Bonchev–Trinajstić information content (AvgIpc) is 3.99. The van der Waals surface area contributed by atoms with Gasteiger partial charge in [-0.2, -0.15) is 4.98 Å². The van der Waals surface area contributed by atoms with E-state index < -0.39 is 79.7 Å². The molecule has 15 nitrogen and oxygen atoms in total. The van der Waals surface area contributed by atoms with E-state index in [1.165, 1.54) is 30.2 Å². The Labute approximate surface area is 394 Å². The minimum Gasteiger partial charge on any atom is -0.459 e. The van der Waals surface area contributed by atoms with Crippen LogP contribution in [0, 0.1) is 11.8 Å². The summed E-state index contributed by atoms with van der Waals surface area (Å²) in [5, 5.41) is 8.75. The number of amides is 4. The molecule has 66 heavy (non-hydrogen) atoms. The van der Waals surface area contributed by atoms with Crippen molar-refractivity contribution in [3.8, 4) is 16.6 Å². The number of allylic oxidation sites excluding steroid dienone is 1. The maximum Gasteiger partial charge on any atom is 0.408 e. The number of sulfonamides is 1. The molecule has 3 aliphatic carbocycles. The van der Waals surface area contributed by atoms with Crippen molar-refractivity contribution < 1.29 is 37.1 Å². The van der Waals surface area contributed by atoms with Crippen LogP contribution in [-0.2, 0) is 29.1 Å². The van der Waals surface area contributed by atoms with Crippen molar-refractivity contribution >= 4 is 56.2 Å². The first-order valence-corrected chi connectivity index (χ1v) is 26.1. The SMILES string of the molecule is C=CCCCCCC(NC(=O)OC(C)(C)C)C(=O)N1CC(Oc2nc3c(-c4nc(C5CCCCC5)cs4)cccc3n2C(C)C)C(C)C1C(=O)NC1(C(=O)NS(=O)(=O)C2(C)CC2)CC1C=C. The van der Waals surface area contributed by atoms with Crippen LogP contribution in [0.4, 0.5) is 4.79 Å². The Morgan fingerprint density at radius 2 is 1.77 bits per heavy atom. The predicted octanol–water partition coefficient (Wildman–Crippen LogP) is 8.47. The second kappa shape index (κ2) is 19.4. The van der Waals surface area contributed by atoms with Crippen molar-refractivity contribution in [3.63, 3.8) is 0 Å². The van der Waals surface area contributed by atoms with Gasteiger partial charge in [0.1, 0.15) is 39.9 Å². The summed E-state index contributed by atoms with van der Waals surface area (Å²) in [6, 6.07) is 3.99. The van der Waals surface area contributed by atoms with Gasteiger partial charge in [0, 0.05) is 34.7 Å². The highest BCUT2D eigenvalue weighted by atomic mass is 32.2. The number of rotatable bonds is 19. The Kier molecular flexibility index (Phi) is 14.5. The molecule has 4 amide bonds. The molecule has 3 aromatic rings. The van der Waals surface area contributed by atoms with Crippen LogP contribution in [0.15, 0.2) is 48.9 Å². The normalized spacial score (nSPS) is 24.4. The molecular formula is C49H69N7O8S2. The third kappa shape index (κ3) is 10.4. The van der Waals surface area contributed by atoms with Crippen LogP contribution >= 0.6 is 11.3 Å². The van der Waals surface area contributed by atoms with Gasteiger partial charge in [-0.05, 0) is 105 Å². The van der Waals surface area contributed by atoms with Gasteiger partial charge >= 0.3 is 6.09 Å². The number of fused-ring (bicyclic) bond motifs is 1. The summed E-state index contributed by atoms with van der Waals surface area (Å²) in [6.45, 7) is 20.3. The van der Waals surface area contributed by atoms with Crippen molar-refractivity contribution in [2.75, 3.05) is 6.54 Å². The number of nitrogens with zero attached hydrogens (tertiary/aromatic N) is 4. The van der Waals surface area contributed by atoms with E-state index in [1.54, 1.807) is 39.0 Å². The molecule has 3 saturated carbocycles. The van der Waals surface area contributed by atoms with E-state index in [0.717, 1.165) is 59.4 Å². The Morgan fingerprint density at radius 3 is 2.41 bits per heavy atom. The highest BCUT2D eigenvalue weighted by Gasteiger charge is 2.63. The van der Waals surface area contributed by atoms with Gasteiger partial charge in [0.25, 0.3) is 11.9 Å². The average molecular weight is 948 g/mol.